The highest BCUT2D eigenvalue weighted by Gasteiger charge is 2.11. The smallest absolute Gasteiger partial charge is 0.271 e. The van der Waals surface area contributed by atoms with E-state index in [0.29, 0.717) is 30.3 Å². The summed E-state index contributed by atoms with van der Waals surface area (Å²) in [6.45, 7) is 6.66. The predicted molar refractivity (Wildman–Crippen MR) is 96.5 cm³/mol. The van der Waals surface area contributed by atoms with Crippen LogP contribution in [0.2, 0.25) is 0 Å². The van der Waals surface area contributed by atoms with Gasteiger partial charge in [-0.2, -0.15) is 0 Å². The van der Waals surface area contributed by atoms with Crippen molar-refractivity contribution in [1.29, 1.82) is 0 Å². The van der Waals surface area contributed by atoms with Crippen molar-refractivity contribution < 1.29 is 19.2 Å². The Morgan fingerprint density at radius 1 is 1.23 bits per heavy atom. The molecule has 1 heterocycles. The summed E-state index contributed by atoms with van der Waals surface area (Å²) >= 11 is 0. The lowest BCUT2D eigenvalue weighted by Crippen LogP contribution is -2.22. The maximum atomic E-state index is 12.2. The molecule has 0 spiro atoms. The van der Waals surface area contributed by atoms with Gasteiger partial charge in [-0.15, -0.1) is 0 Å². The Kier molecular flexibility index (Phi) is 6.24. The molecule has 0 saturated carbocycles. The number of carbonyl (C=O) groups is 1. The van der Waals surface area contributed by atoms with Crippen LogP contribution in [0.1, 0.15) is 31.1 Å². The zero-order valence-electron chi connectivity index (χ0n) is 14.9. The Balaban J connectivity index is 1.90. The minimum absolute atomic E-state index is 0.0952. The summed E-state index contributed by atoms with van der Waals surface area (Å²) in [5.74, 6) is -0.0324. The van der Waals surface area contributed by atoms with Gasteiger partial charge in [0, 0.05) is 30.1 Å². The average Bonchev–Trinajstić information content (AvgIpc) is 2.58. The Bertz CT molecular complexity index is 769. The van der Waals surface area contributed by atoms with E-state index >= 15 is 0 Å². The third-order valence-electron chi connectivity index (χ3n) is 3.18. The molecule has 8 heteroatoms. The molecular weight excluding hydrogens is 338 g/mol. The average molecular weight is 359 g/mol. The van der Waals surface area contributed by atoms with Crippen molar-refractivity contribution in [3.8, 4) is 5.88 Å². The summed E-state index contributed by atoms with van der Waals surface area (Å²) in [5, 5.41) is 13.4. The Hall–Kier alpha value is -3.00. The molecular formula is C18H21N3O5. The highest BCUT2D eigenvalue weighted by atomic mass is 16.6. The van der Waals surface area contributed by atoms with Gasteiger partial charge in [0.1, 0.15) is 6.61 Å². The number of nitrogens with one attached hydrogen (secondary N) is 1. The first-order chi connectivity index (χ1) is 12.2. The van der Waals surface area contributed by atoms with Crippen molar-refractivity contribution >= 4 is 17.3 Å². The van der Waals surface area contributed by atoms with Crippen LogP contribution in [-0.4, -0.2) is 34.6 Å². The number of carbonyl (C=O) groups excluding carboxylic acids is 1. The molecule has 26 heavy (non-hydrogen) atoms. The molecule has 0 atom stereocenters. The number of non-ortho nitro benzene ring substituents is 1. The maximum Gasteiger partial charge on any atom is 0.271 e. The molecule has 8 nitrogen and oxygen atoms in total. The second-order valence-corrected chi connectivity index (χ2v) is 6.46. The Labute approximate surface area is 151 Å². The second kappa shape index (κ2) is 8.39. The fraction of sp³-hybridized carbons (Fsp3) is 0.333. The largest absolute Gasteiger partial charge is 0.475 e. The number of benzene rings is 1. The van der Waals surface area contributed by atoms with Gasteiger partial charge in [-0.1, -0.05) is 6.07 Å². The van der Waals surface area contributed by atoms with Crippen LogP contribution >= 0.6 is 0 Å². The standard InChI is InChI=1S/C18H21N3O5/c1-18(2,3)26-10-9-25-16-8-7-13(12-19-16)17(22)20-14-5-4-6-15(11-14)21(23)24/h4-8,11-12H,9-10H2,1-3H3,(H,20,22). The van der Waals surface area contributed by atoms with Crippen LogP contribution in [-0.2, 0) is 4.74 Å². The van der Waals surface area contributed by atoms with E-state index in [1.807, 2.05) is 20.8 Å². The molecule has 0 saturated heterocycles. The van der Waals surface area contributed by atoms with E-state index in [1.165, 1.54) is 24.4 Å². The summed E-state index contributed by atoms with van der Waals surface area (Å²) in [7, 11) is 0. The number of hydrogen-bond acceptors (Lipinski definition) is 6. The monoisotopic (exact) mass is 359 g/mol. The van der Waals surface area contributed by atoms with Crippen molar-refractivity contribution in [3.05, 3.63) is 58.3 Å². The van der Waals surface area contributed by atoms with Gasteiger partial charge in [0.15, 0.2) is 0 Å². The maximum absolute atomic E-state index is 12.2. The van der Waals surface area contributed by atoms with Gasteiger partial charge in [0.2, 0.25) is 5.88 Å². The number of amides is 1. The molecule has 1 aromatic heterocycles. The van der Waals surface area contributed by atoms with E-state index in [9.17, 15) is 14.9 Å². The normalized spacial score (nSPS) is 11.0. The van der Waals surface area contributed by atoms with E-state index in [-0.39, 0.29) is 11.3 Å². The summed E-state index contributed by atoms with van der Waals surface area (Å²) in [5.41, 5.74) is 0.325. The summed E-state index contributed by atoms with van der Waals surface area (Å²) in [6.07, 6.45) is 1.38. The van der Waals surface area contributed by atoms with E-state index in [2.05, 4.69) is 10.3 Å². The van der Waals surface area contributed by atoms with Crippen molar-refractivity contribution in [2.24, 2.45) is 0 Å². The van der Waals surface area contributed by atoms with Gasteiger partial charge in [0.25, 0.3) is 11.6 Å². The lowest BCUT2D eigenvalue weighted by Gasteiger charge is -2.19. The quantitative estimate of drug-likeness (QED) is 0.461. The van der Waals surface area contributed by atoms with E-state index < -0.39 is 10.8 Å². The van der Waals surface area contributed by atoms with Crippen molar-refractivity contribution in [2.75, 3.05) is 18.5 Å². The lowest BCUT2D eigenvalue weighted by molar-refractivity contribution is -0.384. The zero-order chi connectivity index (χ0) is 19.2. The lowest BCUT2D eigenvalue weighted by atomic mass is 10.2. The molecule has 1 N–H and O–H groups in total. The van der Waals surface area contributed by atoms with Gasteiger partial charge in [-0.25, -0.2) is 4.98 Å². The number of pyridine rings is 1. The number of hydrogen-bond donors (Lipinski definition) is 1. The number of aromatic nitrogens is 1. The van der Waals surface area contributed by atoms with E-state index in [1.54, 1.807) is 18.2 Å². The first kappa shape index (κ1) is 19.3. The van der Waals surface area contributed by atoms with Crippen LogP contribution in [0, 0.1) is 10.1 Å². The predicted octanol–water partition coefficient (Wildman–Crippen LogP) is 3.44. The van der Waals surface area contributed by atoms with E-state index in [0.717, 1.165) is 0 Å². The first-order valence-electron chi connectivity index (χ1n) is 8.03. The van der Waals surface area contributed by atoms with Crippen LogP contribution in [0.15, 0.2) is 42.6 Å². The van der Waals surface area contributed by atoms with Crippen molar-refractivity contribution in [1.82, 2.24) is 4.98 Å². The summed E-state index contributed by atoms with van der Waals surface area (Å²) in [6, 6.07) is 8.87. The third-order valence-corrected chi connectivity index (χ3v) is 3.18. The van der Waals surface area contributed by atoms with Crippen LogP contribution in [0.5, 0.6) is 5.88 Å². The first-order valence-corrected chi connectivity index (χ1v) is 8.03. The number of nitro benzene ring substituents is 1. The van der Waals surface area contributed by atoms with Crippen LogP contribution in [0.4, 0.5) is 11.4 Å². The second-order valence-electron chi connectivity index (χ2n) is 6.46. The number of nitrogens with zero attached hydrogens (tertiary/aromatic N) is 2. The molecule has 0 aliphatic carbocycles. The molecule has 0 bridgehead atoms. The fourth-order valence-corrected chi connectivity index (χ4v) is 1.99. The molecule has 1 amide bonds. The molecule has 0 radical (unpaired) electrons. The van der Waals surface area contributed by atoms with Gasteiger partial charge >= 0.3 is 0 Å². The van der Waals surface area contributed by atoms with Gasteiger partial charge < -0.3 is 14.8 Å². The Morgan fingerprint density at radius 3 is 2.62 bits per heavy atom. The zero-order valence-corrected chi connectivity index (χ0v) is 14.9. The highest BCUT2D eigenvalue weighted by molar-refractivity contribution is 6.04. The number of ether oxygens (including phenoxy) is 2. The molecule has 0 fully saturated rings. The SMILES string of the molecule is CC(C)(C)OCCOc1ccc(C(=O)Nc2cccc([N+](=O)[O-])c2)cn1. The number of anilines is 1. The molecule has 0 unspecified atom stereocenters. The van der Waals surface area contributed by atoms with E-state index in [4.69, 9.17) is 9.47 Å². The van der Waals surface area contributed by atoms with Crippen LogP contribution in [0.25, 0.3) is 0 Å². The summed E-state index contributed by atoms with van der Waals surface area (Å²) < 4.78 is 11.0. The van der Waals surface area contributed by atoms with Gasteiger partial charge in [0.05, 0.1) is 22.7 Å². The Morgan fingerprint density at radius 2 is 2.00 bits per heavy atom. The highest BCUT2D eigenvalue weighted by Crippen LogP contribution is 2.18. The van der Waals surface area contributed by atoms with Crippen LogP contribution < -0.4 is 10.1 Å². The minimum Gasteiger partial charge on any atom is -0.475 e. The molecule has 0 aliphatic heterocycles. The number of rotatable bonds is 7. The topological polar surface area (TPSA) is 104 Å². The van der Waals surface area contributed by atoms with Crippen molar-refractivity contribution in [2.45, 2.75) is 26.4 Å². The number of nitro groups is 1. The molecule has 2 aromatic rings. The van der Waals surface area contributed by atoms with Crippen LogP contribution in [0.3, 0.4) is 0 Å². The summed E-state index contributed by atoms with van der Waals surface area (Å²) in [4.78, 5) is 26.5. The van der Waals surface area contributed by atoms with Gasteiger partial charge in [-0.05, 0) is 32.9 Å². The third kappa shape index (κ3) is 6.14. The molecule has 138 valence electrons. The minimum atomic E-state index is -0.521. The molecule has 2 rings (SSSR count). The van der Waals surface area contributed by atoms with Gasteiger partial charge in [-0.3, -0.25) is 14.9 Å². The fourth-order valence-electron chi connectivity index (χ4n) is 1.99. The molecule has 1 aromatic carbocycles. The molecule has 0 aliphatic rings. The van der Waals surface area contributed by atoms with Crippen molar-refractivity contribution in [3.63, 3.8) is 0 Å².